The van der Waals surface area contributed by atoms with E-state index in [9.17, 15) is 9.59 Å². The summed E-state index contributed by atoms with van der Waals surface area (Å²) >= 11 is 0. The first kappa shape index (κ1) is 14.4. The second-order valence-electron chi connectivity index (χ2n) is 6.74. The number of para-hydroxylation sites is 1. The van der Waals surface area contributed by atoms with Crippen LogP contribution in [-0.4, -0.2) is 48.0 Å². The van der Waals surface area contributed by atoms with Gasteiger partial charge in [-0.15, -0.1) is 0 Å². The number of hydrogen-bond donors (Lipinski definition) is 2. The zero-order valence-corrected chi connectivity index (χ0v) is 13.1. The first-order chi connectivity index (χ1) is 11.2. The van der Waals surface area contributed by atoms with E-state index in [0.29, 0.717) is 31.5 Å². The number of urea groups is 2. The van der Waals surface area contributed by atoms with Crippen LogP contribution in [0.1, 0.15) is 18.4 Å². The predicted octanol–water partition coefficient (Wildman–Crippen LogP) is 2.09. The van der Waals surface area contributed by atoms with Gasteiger partial charge in [0.15, 0.2) is 0 Å². The van der Waals surface area contributed by atoms with Crippen molar-refractivity contribution in [2.24, 2.45) is 11.8 Å². The Balaban J connectivity index is 1.44. The molecule has 2 aliphatic heterocycles. The van der Waals surface area contributed by atoms with Gasteiger partial charge in [-0.05, 0) is 36.3 Å². The molecular weight excluding hydrogens is 292 g/mol. The summed E-state index contributed by atoms with van der Waals surface area (Å²) in [7, 11) is 0. The summed E-state index contributed by atoms with van der Waals surface area (Å²) in [6, 6.07) is 7.67. The summed E-state index contributed by atoms with van der Waals surface area (Å²) in [4.78, 5) is 27.9. The van der Waals surface area contributed by atoms with Crippen molar-refractivity contribution >= 4 is 17.7 Å². The number of nitrogens with zero attached hydrogens (tertiary/aromatic N) is 2. The molecule has 1 aliphatic carbocycles. The Morgan fingerprint density at radius 1 is 1.22 bits per heavy atom. The molecule has 0 aromatic heterocycles. The summed E-state index contributed by atoms with van der Waals surface area (Å²) < 4.78 is 0. The molecule has 0 unspecified atom stereocenters. The molecule has 2 heterocycles. The van der Waals surface area contributed by atoms with Crippen LogP contribution in [0, 0.1) is 11.8 Å². The molecule has 2 saturated heterocycles. The number of benzene rings is 1. The number of rotatable bonds is 3. The van der Waals surface area contributed by atoms with E-state index in [0.717, 1.165) is 24.3 Å². The van der Waals surface area contributed by atoms with Gasteiger partial charge in [-0.1, -0.05) is 18.2 Å². The lowest BCUT2D eigenvalue weighted by Crippen LogP contribution is -2.33. The van der Waals surface area contributed by atoms with Gasteiger partial charge in [0.25, 0.3) is 0 Å². The Morgan fingerprint density at radius 2 is 1.96 bits per heavy atom. The van der Waals surface area contributed by atoms with E-state index in [-0.39, 0.29) is 12.1 Å². The monoisotopic (exact) mass is 314 g/mol. The molecule has 1 aromatic rings. The number of fused-ring (bicyclic) bond motifs is 1. The van der Waals surface area contributed by atoms with Gasteiger partial charge >= 0.3 is 12.1 Å². The van der Waals surface area contributed by atoms with Crippen LogP contribution in [0.5, 0.6) is 0 Å². The van der Waals surface area contributed by atoms with E-state index in [4.69, 9.17) is 0 Å². The molecule has 6 heteroatoms. The summed E-state index contributed by atoms with van der Waals surface area (Å²) in [5.74, 6) is 1.42. The Labute approximate surface area is 135 Å². The minimum absolute atomic E-state index is 0.0160. The maximum absolute atomic E-state index is 12.5. The smallest absolute Gasteiger partial charge is 0.321 e. The highest BCUT2D eigenvalue weighted by atomic mass is 16.2. The van der Waals surface area contributed by atoms with Gasteiger partial charge in [-0.3, -0.25) is 0 Å². The quantitative estimate of drug-likeness (QED) is 0.897. The third kappa shape index (κ3) is 2.73. The first-order valence-electron chi connectivity index (χ1n) is 8.37. The molecule has 23 heavy (non-hydrogen) atoms. The van der Waals surface area contributed by atoms with E-state index >= 15 is 0 Å². The molecule has 0 radical (unpaired) electrons. The maximum atomic E-state index is 12.5. The Hall–Kier alpha value is -2.24. The average molecular weight is 314 g/mol. The molecular formula is C17H22N4O2. The van der Waals surface area contributed by atoms with Crippen LogP contribution in [-0.2, 0) is 6.54 Å². The fourth-order valence-corrected chi connectivity index (χ4v) is 3.77. The number of amides is 4. The van der Waals surface area contributed by atoms with E-state index < -0.39 is 0 Å². The van der Waals surface area contributed by atoms with Crippen molar-refractivity contribution < 1.29 is 9.59 Å². The van der Waals surface area contributed by atoms with Crippen molar-refractivity contribution in [2.75, 3.05) is 31.5 Å². The van der Waals surface area contributed by atoms with Crippen molar-refractivity contribution in [1.82, 2.24) is 15.1 Å². The summed E-state index contributed by atoms with van der Waals surface area (Å²) in [6.45, 7) is 3.68. The van der Waals surface area contributed by atoms with E-state index in [1.54, 1.807) is 4.90 Å². The third-order valence-corrected chi connectivity index (χ3v) is 5.34. The topological polar surface area (TPSA) is 64.7 Å². The highest BCUT2D eigenvalue weighted by Crippen LogP contribution is 2.40. The van der Waals surface area contributed by atoms with Crippen molar-refractivity contribution in [3.05, 3.63) is 29.8 Å². The van der Waals surface area contributed by atoms with Crippen molar-refractivity contribution in [2.45, 2.75) is 19.4 Å². The number of carbonyl (C=O) groups is 2. The van der Waals surface area contributed by atoms with Crippen LogP contribution >= 0.6 is 0 Å². The van der Waals surface area contributed by atoms with Gasteiger partial charge < -0.3 is 20.4 Å². The summed E-state index contributed by atoms with van der Waals surface area (Å²) in [6.07, 6.45) is 2.52. The summed E-state index contributed by atoms with van der Waals surface area (Å²) in [5.41, 5.74) is 1.77. The second kappa shape index (κ2) is 5.76. The zero-order chi connectivity index (χ0) is 15.8. The normalized spacial score (nSPS) is 25.8. The average Bonchev–Trinajstić information content (AvgIpc) is 3.05. The number of hydrogen-bond acceptors (Lipinski definition) is 2. The minimum Gasteiger partial charge on any atom is -0.336 e. The first-order valence-corrected chi connectivity index (χ1v) is 8.37. The molecule has 2 N–H and O–H groups in total. The van der Waals surface area contributed by atoms with Gasteiger partial charge in [0, 0.05) is 38.4 Å². The molecule has 0 bridgehead atoms. The molecule has 122 valence electrons. The highest BCUT2D eigenvalue weighted by molar-refractivity contribution is 5.90. The Bertz CT molecular complexity index is 621. The lowest BCUT2D eigenvalue weighted by Gasteiger charge is -2.27. The number of anilines is 1. The lowest BCUT2D eigenvalue weighted by atomic mass is 9.77. The molecule has 1 aromatic carbocycles. The SMILES string of the molecule is O=C1NCCN1Cc1ccccc1NC(=O)N1C[C@H]2CC[C@H]2C1. The van der Waals surface area contributed by atoms with Crippen LogP contribution in [0.2, 0.25) is 0 Å². The van der Waals surface area contributed by atoms with Crippen LogP contribution in [0.15, 0.2) is 24.3 Å². The fraction of sp³-hybridized carbons (Fsp3) is 0.529. The molecule has 4 rings (SSSR count). The maximum Gasteiger partial charge on any atom is 0.321 e. The van der Waals surface area contributed by atoms with Crippen LogP contribution in [0.25, 0.3) is 0 Å². The van der Waals surface area contributed by atoms with Gasteiger partial charge in [0.05, 0.1) is 0 Å². The third-order valence-electron chi connectivity index (χ3n) is 5.34. The van der Waals surface area contributed by atoms with Gasteiger partial charge in [-0.2, -0.15) is 0 Å². The van der Waals surface area contributed by atoms with Crippen LogP contribution in [0.4, 0.5) is 15.3 Å². The number of carbonyl (C=O) groups excluding carboxylic acids is 2. The molecule has 6 nitrogen and oxygen atoms in total. The number of nitrogens with one attached hydrogen (secondary N) is 2. The Morgan fingerprint density at radius 3 is 2.61 bits per heavy atom. The molecule has 1 saturated carbocycles. The minimum atomic E-state index is -0.0396. The van der Waals surface area contributed by atoms with Gasteiger partial charge in [0.1, 0.15) is 0 Å². The predicted molar refractivity (Wildman–Crippen MR) is 87.1 cm³/mol. The number of likely N-dealkylation sites (tertiary alicyclic amines) is 1. The van der Waals surface area contributed by atoms with Gasteiger partial charge in [-0.25, -0.2) is 9.59 Å². The molecule has 2 atom stereocenters. The van der Waals surface area contributed by atoms with E-state index in [1.807, 2.05) is 29.2 Å². The zero-order valence-electron chi connectivity index (χ0n) is 13.1. The lowest BCUT2D eigenvalue weighted by molar-refractivity contribution is 0.215. The van der Waals surface area contributed by atoms with Crippen molar-refractivity contribution in [3.8, 4) is 0 Å². The highest BCUT2D eigenvalue weighted by Gasteiger charge is 2.41. The van der Waals surface area contributed by atoms with Crippen molar-refractivity contribution in [3.63, 3.8) is 0 Å². The standard InChI is InChI=1S/C17H22N4O2/c22-16-18-7-8-20(16)11-14-3-1-2-4-15(14)19-17(23)21-9-12-5-6-13(12)10-21/h1-4,12-13H,5-11H2,(H,18,22)(H,19,23)/t12-,13+. The largest absolute Gasteiger partial charge is 0.336 e. The molecule has 3 fully saturated rings. The fourth-order valence-electron chi connectivity index (χ4n) is 3.77. The molecule has 4 amide bonds. The van der Waals surface area contributed by atoms with E-state index in [2.05, 4.69) is 10.6 Å². The van der Waals surface area contributed by atoms with Gasteiger partial charge in [0.2, 0.25) is 0 Å². The van der Waals surface area contributed by atoms with Crippen LogP contribution in [0.3, 0.4) is 0 Å². The van der Waals surface area contributed by atoms with Crippen molar-refractivity contribution in [1.29, 1.82) is 0 Å². The van der Waals surface area contributed by atoms with E-state index in [1.165, 1.54) is 12.8 Å². The summed E-state index contributed by atoms with van der Waals surface area (Å²) in [5, 5.41) is 5.84. The van der Waals surface area contributed by atoms with Crippen LogP contribution < -0.4 is 10.6 Å². The second-order valence-corrected chi connectivity index (χ2v) is 6.74. The molecule has 3 aliphatic rings. The Kier molecular flexibility index (Phi) is 3.59. The molecule has 0 spiro atoms.